The first-order valence-electron chi connectivity index (χ1n) is 14.1. The standard InChI is InChI=1S/C33H40ClN3O5/c1-6-7-20-37(29(24-13-9-8-10-14-24)30(39)36-28-22(2)12-11-15-26(28)34)31(40)27(35-32(41)42-33(3,4)5)21-23-16-18-25(38)19-17-23/h8-19,27,29,38H,6-7,20-21H2,1-5H3,(H,35,41)(H,36,39). The van der Waals surface area contributed by atoms with Gasteiger partial charge in [0.05, 0.1) is 10.7 Å². The summed E-state index contributed by atoms with van der Waals surface area (Å²) in [6.07, 6.45) is 0.778. The van der Waals surface area contributed by atoms with E-state index in [1.807, 2.05) is 38.1 Å². The lowest BCUT2D eigenvalue weighted by Crippen LogP contribution is -2.53. The predicted octanol–water partition coefficient (Wildman–Crippen LogP) is 6.80. The summed E-state index contributed by atoms with van der Waals surface area (Å²) >= 11 is 6.44. The molecule has 0 bridgehead atoms. The molecule has 0 aromatic heterocycles. The van der Waals surface area contributed by atoms with E-state index < -0.39 is 35.6 Å². The van der Waals surface area contributed by atoms with E-state index in [0.717, 1.165) is 12.0 Å². The monoisotopic (exact) mass is 593 g/mol. The minimum atomic E-state index is -1.05. The molecule has 2 unspecified atom stereocenters. The van der Waals surface area contributed by atoms with E-state index in [4.69, 9.17) is 16.3 Å². The number of nitrogens with zero attached hydrogens (tertiary/aromatic N) is 1. The quantitative estimate of drug-likeness (QED) is 0.227. The zero-order valence-electron chi connectivity index (χ0n) is 24.8. The number of carbonyl (C=O) groups is 3. The molecule has 3 N–H and O–H groups in total. The van der Waals surface area contributed by atoms with Crippen molar-refractivity contribution in [2.24, 2.45) is 0 Å². The van der Waals surface area contributed by atoms with Crippen LogP contribution in [0.1, 0.15) is 63.3 Å². The van der Waals surface area contributed by atoms with Gasteiger partial charge >= 0.3 is 6.09 Å². The van der Waals surface area contributed by atoms with Gasteiger partial charge in [-0.2, -0.15) is 0 Å². The number of aromatic hydroxyl groups is 1. The summed E-state index contributed by atoms with van der Waals surface area (Å²) in [4.78, 5) is 42.9. The van der Waals surface area contributed by atoms with Crippen LogP contribution < -0.4 is 10.6 Å². The van der Waals surface area contributed by atoms with Gasteiger partial charge in [0.2, 0.25) is 5.91 Å². The zero-order valence-corrected chi connectivity index (χ0v) is 25.6. The Morgan fingerprint density at radius 3 is 2.24 bits per heavy atom. The molecule has 42 heavy (non-hydrogen) atoms. The zero-order chi connectivity index (χ0) is 30.9. The normalized spacial score (nSPS) is 12.6. The summed E-state index contributed by atoms with van der Waals surface area (Å²) in [5.41, 5.74) is 1.80. The largest absolute Gasteiger partial charge is 0.508 e. The molecule has 3 amide bonds. The number of benzene rings is 3. The molecule has 224 valence electrons. The lowest BCUT2D eigenvalue weighted by Gasteiger charge is -2.34. The number of carbonyl (C=O) groups excluding carboxylic acids is 3. The van der Waals surface area contributed by atoms with Crippen molar-refractivity contribution in [3.05, 3.63) is 94.5 Å². The Balaban J connectivity index is 2.06. The number of hydrogen-bond acceptors (Lipinski definition) is 5. The number of ether oxygens (including phenoxy) is 1. The Bertz CT molecular complexity index is 1340. The minimum Gasteiger partial charge on any atom is -0.508 e. The lowest BCUT2D eigenvalue weighted by molar-refractivity contribution is -0.140. The van der Waals surface area contributed by atoms with Crippen LogP contribution in [0.3, 0.4) is 0 Å². The number of rotatable bonds is 11. The number of para-hydroxylation sites is 1. The third kappa shape index (κ3) is 9.24. The molecule has 0 saturated heterocycles. The van der Waals surface area contributed by atoms with Crippen molar-refractivity contribution in [1.82, 2.24) is 10.2 Å². The second kappa shape index (κ2) is 14.7. The molecule has 0 fully saturated rings. The van der Waals surface area contributed by atoms with Crippen LogP contribution in [0.2, 0.25) is 5.02 Å². The van der Waals surface area contributed by atoms with E-state index in [0.29, 0.717) is 28.3 Å². The first-order chi connectivity index (χ1) is 19.9. The van der Waals surface area contributed by atoms with Crippen molar-refractivity contribution in [2.45, 2.75) is 71.6 Å². The van der Waals surface area contributed by atoms with Crippen molar-refractivity contribution in [3.63, 3.8) is 0 Å². The van der Waals surface area contributed by atoms with Gasteiger partial charge in [-0.3, -0.25) is 9.59 Å². The number of amides is 3. The van der Waals surface area contributed by atoms with Crippen LogP contribution in [0.25, 0.3) is 0 Å². The molecule has 0 spiro atoms. The highest BCUT2D eigenvalue weighted by Gasteiger charge is 2.36. The molecule has 3 aromatic rings. The fraction of sp³-hybridized carbons (Fsp3) is 0.364. The van der Waals surface area contributed by atoms with Gasteiger partial charge in [-0.25, -0.2) is 4.79 Å². The number of halogens is 1. The van der Waals surface area contributed by atoms with E-state index >= 15 is 0 Å². The van der Waals surface area contributed by atoms with E-state index in [2.05, 4.69) is 10.6 Å². The average Bonchev–Trinajstić information content (AvgIpc) is 2.93. The van der Waals surface area contributed by atoms with E-state index in [9.17, 15) is 19.5 Å². The van der Waals surface area contributed by atoms with E-state index in [1.165, 1.54) is 17.0 Å². The van der Waals surface area contributed by atoms with Crippen LogP contribution in [0.5, 0.6) is 5.75 Å². The number of anilines is 1. The van der Waals surface area contributed by atoms with Crippen LogP contribution in [-0.4, -0.2) is 46.1 Å². The number of nitrogens with one attached hydrogen (secondary N) is 2. The summed E-state index contributed by atoms with van der Waals surface area (Å²) in [7, 11) is 0. The highest BCUT2D eigenvalue weighted by Crippen LogP contribution is 2.30. The van der Waals surface area contributed by atoms with Crippen molar-refractivity contribution in [2.75, 3.05) is 11.9 Å². The maximum atomic E-state index is 14.4. The predicted molar refractivity (Wildman–Crippen MR) is 166 cm³/mol. The first-order valence-corrected chi connectivity index (χ1v) is 14.5. The number of aryl methyl sites for hydroxylation is 1. The van der Waals surface area contributed by atoms with E-state index in [1.54, 1.807) is 57.2 Å². The molecule has 0 heterocycles. The SMILES string of the molecule is CCCCN(C(=O)C(Cc1ccc(O)cc1)NC(=O)OC(C)(C)C)C(C(=O)Nc1c(C)cccc1Cl)c1ccccc1. The van der Waals surface area contributed by atoms with Gasteiger partial charge in [-0.15, -0.1) is 0 Å². The smallest absolute Gasteiger partial charge is 0.408 e. The topological polar surface area (TPSA) is 108 Å². The summed E-state index contributed by atoms with van der Waals surface area (Å²) in [6, 6.07) is 18.7. The number of phenols is 1. The second-order valence-corrected chi connectivity index (χ2v) is 11.6. The van der Waals surface area contributed by atoms with Crippen LogP contribution in [0.4, 0.5) is 10.5 Å². The van der Waals surface area contributed by atoms with Gasteiger partial charge < -0.3 is 25.4 Å². The molecular formula is C33H40ClN3O5. The second-order valence-electron chi connectivity index (χ2n) is 11.2. The van der Waals surface area contributed by atoms with Gasteiger partial charge in [0.25, 0.3) is 5.91 Å². The van der Waals surface area contributed by atoms with Crippen molar-refractivity contribution in [1.29, 1.82) is 0 Å². The third-order valence-corrected chi connectivity index (χ3v) is 6.86. The molecular weight excluding hydrogens is 554 g/mol. The minimum absolute atomic E-state index is 0.0852. The van der Waals surface area contributed by atoms with Crippen molar-refractivity contribution >= 4 is 35.2 Å². The molecule has 0 aliphatic rings. The maximum absolute atomic E-state index is 14.4. The summed E-state index contributed by atoms with van der Waals surface area (Å²) in [5, 5.41) is 15.8. The molecule has 9 heteroatoms. The van der Waals surface area contributed by atoms with Gasteiger partial charge in [-0.1, -0.05) is 79.5 Å². The molecule has 3 aromatic carbocycles. The number of alkyl carbamates (subject to hydrolysis) is 1. The molecule has 8 nitrogen and oxygen atoms in total. The third-order valence-electron chi connectivity index (χ3n) is 6.55. The van der Waals surface area contributed by atoms with Gasteiger partial charge in [-0.05, 0) is 69.0 Å². The Morgan fingerprint density at radius 1 is 0.976 bits per heavy atom. The lowest BCUT2D eigenvalue weighted by atomic mass is 9.99. The summed E-state index contributed by atoms with van der Waals surface area (Å²) in [6.45, 7) is 9.33. The van der Waals surface area contributed by atoms with Crippen molar-refractivity contribution in [3.8, 4) is 5.75 Å². The van der Waals surface area contributed by atoms with Crippen LogP contribution in [0.15, 0.2) is 72.8 Å². The van der Waals surface area contributed by atoms with Crippen LogP contribution >= 0.6 is 11.6 Å². The molecule has 0 saturated carbocycles. The van der Waals surface area contributed by atoms with Gasteiger partial charge in [0.1, 0.15) is 23.4 Å². The van der Waals surface area contributed by atoms with Crippen LogP contribution in [0, 0.1) is 6.92 Å². The van der Waals surface area contributed by atoms with Crippen LogP contribution in [-0.2, 0) is 20.7 Å². The molecule has 0 aliphatic heterocycles. The highest BCUT2D eigenvalue weighted by molar-refractivity contribution is 6.34. The Hall–Kier alpha value is -4.04. The maximum Gasteiger partial charge on any atom is 0.408 e. The Kier molecular flexibility index (Phi) is 11.4. The first kappa shape index (κ1) is 32.5. The molecule has 0 radical (unpaired) electrons. The Labute approximate surface area is 253 Å². The molecule has 3 rings (SSSR count). The summed E-state index contributed by atoms with van der Waals surface area (Å²) < 4.78 is 5.48. The number of hydrogen-bond donors (Lipinski definition) is 3. The molecule has 2 atom stereocenters. The number of unbranched alkanes of at least 4 members (excludes halogenated alkanes) is 1. The van der Waals surface area contributed by atoms with E-state index in [-0.39, 0.29) is 18.7 Å². The number of phenolic OH excluding ortho intramolecular Hbond substituents is 1. The average molecular weight is 594 g/mol. The van der Waals surface area contributed by atoms with Gasteiger partial charge in [0, 0.05) is 13.0 Å². The summed E-state index contributed by atoms with van der Waals surface area (Å²) in [5.74, 6) is -0.785. The van der Waals surface area contributed by atoms with Crippen molar-refractivity contribution < 1.29 is 24.2 Å². The fourth-order valence-electron chi connectivity index (χ4n) is 4.50. The Morgan fingerprint density at radius 2 is 1.64 bits per heavy atom. The van der Waals surface area contributed by atoms with Gasteiger partial charge in [0.15, 0.2) is 0 Å². The fourth-order valence-corrected chi connectivity index (χ4v) is 4.77. The molecule has 0 aliphatic carbocycles. The highest BCUT2D eigenvalue weighted by atomic mass is 35.5.